The topological polar surface area (TPSA) is 122 Å². The number of morpholine rings is 1. The summed E-state index contributed by atoms with van der Waals surface area (Å²) in [6, 6.07) is 11.2. The van der Waals surface area contributed by atoms with Crippen LogP contribution < -0.4 is 14.4 Å². The van der Waals surface area contributed by atoms with Crippen LogP contribution in [0.5, 0.6) is 5.75 Å². The van der Waals surface area contributed by atoms with Gasteiger partial charge in [0, 0.05) is 18.8 Å². The van der Waals surface area contributed by atoms with E-state index in [1.807, 2.05) is 6.92 Å². The number of methoxy groups -OCH3 is 1. The quantitative estimate of drug-likeness (QED) is 0.544. The summed E-state index contributed by atoms with van der Waals surface area (Å²) >= 11 is 0. The van der Waals surface area contributed by atoms with Crippen LogP contribution in [-0.4, -0.2) is 73.3 Å². The number of nitrogens with one attached hydrogen (secondary N) is 1. The molecule has 10 nitrogen and oxygen atoms in total. The predicted octanol–water partition coefficient (Wildman–Crippen LogP) is 1.68. The first-order chi connectivity index (χ1) is 16.1. The van der Waals surface area contributed by atoms with Crippen molar-refractivity contribution in [1.29, 1.82) is 0 Å². The molecule has 1 N–H and O–H groups in total. The molecule has 0 aromatic heterocycles. The van der Waals surface area contributed by atoms with Gasteiger partial charge in [0.05, 0.1) is 32.3 Å². The molecular formula is C22H29N3O7S2. The van der Waals surface area contributed by atoms with Crippen molar-refractivity contribution in [2.45, 2.75) is 18.2 Å². The number of sulfonamides is 2. The van der Waals surface area contributed by atoms with E-state index < -0.39 is 32.5 Å². The van der Waals surface area contributed by atoms with E-state index in [9.17, 15) is 21.6 Å². The smallest absolute Gasteiger partial charge is 0.246 e. The maximum absolute atomic E-state index is 13.2. The minimum absolute atomic E-state index is 0.0917. The van der Waals surface area contributed by atoms with Crippen molar-refractivity contribution in [2.75, 3.05) is 55.8 Å². The Balaban J connectivity index is 1.87. The first-order valence-corrected chi connectivity index (χ1v) is 14.0. The van der Waals surface area contributed by atoms with Crippen LogP contribution >= 0.6 is 0 Å². The Morgan fingerprint density at radius 1 is 1.12 bits per heavy atom. The summed E-state index contributed by atoms with van der Waals surface area (Å²) in [6.45, 7) is 2.43. The highest BCUT2D eigenvalue weighted by Gasteiger charge is 2.30. The van der Waals surface area contributed by atoms with Gasteiger partial charge in [-0.2, -0.15) is 4.31 Å². The number of benzene rings is 2. The highest BCUT2D eigenvalue weighted by molar-refractivity contribution is 7.92. The van der Waals surface area contributed by atoms with Crippen LogP contribution in [0.15, 0.2) is 47.4 Å². The van der Waals surface area contributed by atoms with Crippen LogP contribution in [0.4, 0.5) is 11.4 Å². The Kier molecular flexibility index (Phi) is 8.18. The molecule has 0 atom stereocenters. The van der Waals surface area contributed by atoms with Gasteiger partial charge in [0.2, 0.25) is 26.0 Å². The van der Waals surface area contributed by atoms with Crippen LogP contribution in [0, 0.1) is 0 Å². The Morgan fingerprint density at radius 2 is 1.79 bits per heavy atom. The maximum Gasteiger partial charge on any atom is 0.246 e. The second kappa shape index (κ2) is 10.7. The van der Waals surface area contributed by atoms with Gasteiger partial charge in [0.25, 0.3) is 0 Å². The van der Waals surface area contributed by atoms with Gasteiger partial charge in [0.1, 0.15) is 17.2 Å². The van der Waals surface area contributed by atoms with Gasteiger partial charge in [0.15, 0.2) is 0 Å². The molecule has 1 aliphatic rings. The normalized spacial score (nSPS) is 15.0. The van der Waals surface area contributed by atoms with Crippen molar-refractivity contribution in [3.05, 3.63) is 48.0 Å². The minimum atomic E-state index is -3.89. The maximum atomic E-state index is 13.2. The first-order valence-electron chi connectivity index (χ1n) is 10.7. The van der Waals surface area contributed by atoms with E-state index in [1.54, 1.807) is 24.3 Å². The number of carbonyl (C=O) groups excluding carboxylic acids is 1. The van der Waals surface area contributed by atoms with Gasteiger partial charge in [-0.1, -0.05) is 25.1 Å². The van der Waals surface area contributed by atoms with E-state index in [1.165, 1.54) is 29.6 Å². The molecule has 1 fully saturated rings. The molecule has 2 aromatic rings. The minimum Gasteiger partial charge on any atom is -0.495 e. The monoisotopic (exact) mass is 511 g/mol. The molecule has 186 valence electrons. The Bertz CT molecular complexity index is 1240. The van der Waals surface area contributed by atoms with Gasteiger partial charge in [-0.05, 0) is 36.2 Å². The summed E-state index contributed by atoms with van der Waals surface area (Å²) in [5.74, 6) is -0.477. The molecule has 0 radical (unpaired) electrons. The third-order valence-electron chi connectivity index (χ3n) is 5.36. The summed E-state index contributed by atoms with van der Waals surface area (Å²) in [7, 11) is -6.28. The Labute approximate surface area is 200 Å². The van der Waals surface area contributed by atoms with Gasteiger partial charge < -0.3 is 14.8 Å². The molecule has 1 saturated heterocycles. The van der Waals surface area contributed by atoms with Crippen molar-refractivity contribution in [2.24, 2.45) is 0 Å². The zero-order valence-electron chi connectivity index (χ0n) is 19.4. The van der Waals surface area contributed by atoms with Gasteiger partial charge in [-0.25, -0.2) is 16.8 Å². The lowest BCUT2D eigenvalue weighted by atomic mass is 10.1. The number of anilines is 2. The second-order valence-corrected chi connectivity index (χ2v) is 11.5. The SMILES string of the molecule is CCc1ccccc1N(CC(=O)Nc1ccc(OC)c(S(=O)(=O)N2CCOCC2)c1)S(C)(=O)=O. The number of aryl methyl sites for hydroxylation is 1. The van der Waals surface area contributed by atoms with Gasteiger partial charge >= 0.3 is 0 Å². The predicted molar refractivity (Wildman–Crippen MR) is 129 cm³/mol. The Hall–Kier alpha value is -2.67. The summed E-state index contributed by atoms with van der Waals surface area (Å²) in [5.41, 5.74) is 1.41. The first kappa shape index (κ1) is 25.9. The molecule has 12 heteroatoms. The number of rotatable bonds is 9. The van der Waals surface area contributed by atoms with Crippen molar-refractivity contribution in [3.63, 3.8) is 0 Å². The number of carbonyl (C=O) groups is 1. The molecule has 1 heterocycles. The molecule has 2 aromatic carbocycles. The van der Waals surface area contributed by atoms with Crippen molar-refractivity contribution in [3.8, 4) is 5.75 Å². The fraction of sp³-hybridized carbons (Fsp3) is 0.409. The molecule has 0 aliphatic carbocycles. The summed E-state index contributed by atoms with van der Waals surface area (Å²) in [6.07, 6.45) is 1.62. The lowest BCUT2D eigenvalue weighted by Crippen LogP contribution is -2.40. The van der Waals surface area contributed by atoms with Crippen molar-refractivity contribution in [1.82, 2.24) is 4.31 Å². The van der Waals surface area contributed by atoms with E-state index in [2.05, 4.69) is 5.32 Å². The molecule has 3 rings (SSSR count). The van der Waals surface area contributed by atoms with Crippen LogP contribution in [-0.2, 0) is 36.0 Å². The lowest BCUT2D eigenvalue weighted by molar-refractivity contribution is -0.114. The molecule has 0 unspecified atom stereocenters. The Morgan fingerprint density at radius 3 is 2.41 bits per heavy atom. The van der Waals surface area contributed by atoms with Crippen molar-refractivity contribution < 1.29 is 31.1 Å². The molecule has 1 aliphatic heterocycles. The fourth-order valence-electron chi connectivity index (χ4n) is 3.65. The number of hydrogen-bond acceptors (Lipinski definition) is 7. The van der Waals surface area contributed by atoms with E-state index in [-0.39, 0.29) is 29.4 Å². The molecular weight excluding hydrogens is 482 g/mol. The average Bonchev–Trinajstić information content (AvgIpc) is 2.82. The van der Waals surface area contributed by atoms with Gasteiger partial charge in [-0.3, -0.25) is 9.10 Å². The largest absolute Gasteiger partial charge is 0.495 e. The molecule has 0 saturated carbocycles. The van der Waals surface area contributed by atoms with E-state index in [4.69, 9.17) is 9.47 Å². The standard InChI is InChI=1S/C22H29N3O7S2/c1-4-17-7-5-6-8-19(17)25(33(3,27)28)16-22(26)23-18-9-10-20(31-2)21(15-18)34(29,30)24-11-13-32-14-12-24/h5-10,15H,4,11-14,16H2,1-3H3,(H,23,26). The van der Waals surface area contributed by atoms with E-state index in [0.717, 1.165) is 16.1 Å². The summed E-state index contributed by atoms with van der Waals surface area (Å²) < 4.78 is 64.1. The highest BCUT2D eigenvalue weighted by atomic mass is 32.2. The van der Waals surface area contributed by atoms with Crippen LogP contribution in [0.25, 0.3) is 0 Å². The fourth-order valence-corrected chi connectivity index (χ4v) is 6.12. The van der Waals surface area contributed by atoms with E-state index >= 15 is 0 Å². The number of amides is 1. The number of ether oxygens (including phenoxy) is 2. The third kappa shape index (κ3) is 5.87. The number of nitrogens with zero attached hydrogens (tertiary/aromatic N) is 2. The van der Waals surface area contributed by atoms with Crippen molar-refractivity contribution >= 4 is 37.3 Å². The summed E-state index contributed by atoms with van der Waals surface area (Å²) in [5, 5.41) is 2.61. The second-order valence-electron chi connectivity index (χ2n) is 7.68. The lowest BCUT2D eigenvalue weighted by Gasteiger charge is -2.27. The molecule has 34 heavy (non-hydrogen) atoms. The van der Waals surface area contributed by atoms with Crippen LogP contribution in [0.3, 0.4) is 0 Å². The average molecular weight is 512 g/mol. The highest BCUT2D eigenvalue weighted by Crippen LogP contribution is 2.30. The zero-order chi connectivity index (χ0) is 24.9. The number of hydrogen-bond donors (Lipinski definition) is 1. The molecule has 0 spiro atoms. The summed E-state index contributed by atoms with van der Waals surface area (Å²) in [4.78, 5) is 12.7. The van der Waals surface area contributed by atoms with Crippen LogP contribution in [0.1, 0.15) is 12.5 Å². The van der Waals surface area contributed by atoms with Gasteiger partial charge in [-0.15, -0.1) is 0 Å². The van der Waals surface area contributed by atoms with Crippen LogP contribution in [0.2, 0.25) is 0 Å². The molecule has 1 amide bonds. The number of para-hydroxylation sites is 1. The third-order valence-corrected chi connectivity index (χ3v) is 8.41. The van der Waals surface area contributed by atoms with E-state index in [0.29, 0.717) is 25.3 Å². The zero-order valence-corrected chi connectivity index (χ0v) is 21.0. The molecule has 0 bridgehead atoms.